The van der Waals surface area contributed by atoms with Crippen LogP contribution in [0.5, 0.6) is 0 Å². The van der Waals surface area contributed by atoms with E-state index < -0.39 is 5.82 Å². The Balaban J connectivity index is 1.35. The lowest BCUT2D eigenvalue weighted by Gasteiger charge is -2.39. The lowest BCUT2D eigenvalue weighted by atomic mass is 10.0. The van der Waals surface area contributed by atoms with E-state index in [2.05, 4.69) is 37.8 Å². The zero-order valence-electron chi connectivity index (χ0n) is 18.0. The van der Waals surface area contributed by atoms with Gasteiger partial charge in [-0.2, -0.15) is 0 Å². The monoisotopic (exact) mass is 490 g/mol. The zero-order valence-corrected chi connectivity index (χ0v) is 19.5. The number of ether oxygens (including phenoxy) is 1. The maximum atomic E-state index is 14.0. The summed E-state index contributed by atoms with van der Waals surface area (Å²) in [6.07, 6.45) is 0.637. The fraction of sp³-hybridized carbons (Fsp3) is 0.391. The third-order valence-electron chi connectivity index (χ3n) is 6.12. The number of nitrogens with zero attached hydrogens (tertiary/aromatic N) is 4. The van der Waals surface area contributed by atoms with Crippen LogP contribution in [-0.2, 0) is 11.3 Å². The molecule has 7 nitrogen and oxygen atoms in total. The number of benzene rings is 2. The topological polar surface area (TPSA) is 64.5 Å². The molecule has 174 valence electrons. The van der Waals surface area contributed by atoms with E-state index >= 15 is 0 Å². The number of hydrogen-bond acceptors (Lipinski definition) is 6. The second kappa shape index (κ2) is 9.85. The molecule has 2 fully saturated rings. The van der Waals surface area contributed by atoms with Crippen LogP contribution in [0.15, 0.2) is 46.4 Å². The minimum atomic E-state index is -0.465. The zero-order chi connectivity index (χ0) is 22.8. The SMILES string of the molecule is Fc1ccc(Cl)c(CN2CCN=C3NNC(=Nc4cccc(N5CCOCC5)c4)CC32)c1Cl. The Bertz CT molecular complexity index is 1090. The van der Waals surface area contributed by atoms with Crippen molar-refractivity contribution in [2.75, 3.05) is 44.3 Å². The van der Waals surface area contributed by atoms with Crippen molar-refractivity contribution < 1.29 is 9.13 Å². The third kappa shape index (κ3) is 4.94. The van der Waals surface area contributed by atoms with Crippen molar-refractivity contribution >= 4 is 46.2 Å². The van der Waals surface area contributed by atoms with Crippen molar-refractivity contribution in [1.29, 1.82) is 0 Å². The first kappa shape index (κ1) is 22.4. The van der Waals surface area contributed by atoms with Crippen molar-refractivity contribution in [2.24, 2.45) is 9.98 Å². The molecule has 0 aromatic heterocycles. The highest BCUT2D eigenvalue weighted by Gasteiger charge is 2.33. The molecule has 1 atom stereocenters. The third-order valence-corrected chi connectivity index (χ3v) is 6.88. The minimum absolute atomic E-state index is 0.0309. The Morgan fingerprint density at radius 2 is 1.97 bits per heavy atom. The minimum Gasteiger partial charge on any atom is -0.378 e. The smallest absolute Gasteiger partial charge is 0.142 e. The molecule has 0 bridgehead atoms. The number of hydrogen-bond donors (Lipinski definition) is 2. The van der Waals surface area contributed by atoms with Gasteiger partial charge in [-0.1, -0.05) is 29.3 Å². The molecule has 3 heterocycles. The second-order valence-electron chi connectivity index (χ2n) is 8.21. The molecule has 0 aliphatic carbocycles. The van der Waals surface area contributed by atoms with Gasteiger partial charge in [0.1, 0.15) is 17.5 Å². The number of rotatable bonds is 4. The summed E-state index contributed by atoms with van der Waals surface area (Å²) in [4.78, 5) is 14.0. The summed E-state index contributed by atoms with van der Waals surface area (Å²) in [6.45, 7) is 5.02. The van der Waals surface area contributed by atoms with Crippen LogP contribution in [0.25, 0.3) is 0 Å². The first-order valence-electron chi connectivity index (χ1n) is 11.0. The second-order valence-corrected chi connectivity index (χ2v) is 8.99. The molecule has 5 rings (SSSR count). The summed E-state index contributed by atoms with van der Waals surface area (Å²) >= 11 is 12.6. The normalized spacial score (nSPS) is 22.4. The van der Waals surface area contributed by atoms with Crippen LogP contribution in [0.3, 0.4) is 0 Å². The van der Waals surface area contributed by atoms with Crippen molar-refractivity contribution in [3.63, 3.8) is 0 Å². The van der Waals surface area contributed by atoms with Crippen LogP contribution in [0.4, 0.5) is 15.8 Å². The average molecular weight is 491 g/mol. The van der Waals surface area contributed by atoms with Crippen LogP contribution in [-0.4, -0.2) is 62.0 Å². The molecule has 2 aromatic carbocycles. The van der Waals surface area contributed by atoms with Crippen molar-refractivity contribution in [3.8, 4) is 0 Å². The summed E-state index contributed by atoms with van der Waals surface area (Å²) in [5.74, 6) is 1.18. The molecule has 3 aliphatic heterocycles. The predicted molar refractivity (Wildman–Crippen MR) is 130 cm³/mol. The van der Waals surface area contributed by atoms with Crippen molar-refractivity contribution in [2.45, 2.75) is 19.0 Å². The molecule has 2 N–H and O–H groups in total. The quantitative estimate of drug-likeness (QED) is 0.638. The van der Waals surface area contributed by atoms with E-state index in [1.54, 1.807) is 6.07 Å². The van der Waals surface area contributed by atoms with E-state index in [0.29, 0.717) is 30.1 Å². The fourth-order valence-electron chi connectivity index (χ4n) is 4.37. The summed E-state index contributed by atoms with van der Waals surface area (Å²) in [6, 6.07) is 11.0. The summed E-state index contributed by atoms with van der Waals surface area (Å²) in [5.41, 5.74) is 8.97. The molecule has 10 heteroatoms. The first-order valence-corrected chi connectivity index (χ1v) is 11.8. The van der Waals surface area contributed by atoms with Gasteiger partial charge < -0.3 is 9.64 Å². The van der Waals surface area contributed by atoms with E-state index in [0.717, 1.165) is 55.9 Å². The van der Waals surface area contributed by atoms with Crippen LogP contribution < -0.4 is 15.8 Å². The molecular formula is C23H25Cl2FN6O. The van der Waals surface area contributed by atoms with E-state index in [9.17, 15) is 4.39 Å². The molecule has 0 radical (unpaired) electrons. The van der Waals surface area contributed by atoms with Gasteiger partial charge in [0.2, 0.25) is 0 Å². The van der Waals surface area contributed by atoms with Gasteiger partial charge in [-0.3, -0.25) is 20.7 Å². The van der Waals surface area contributed by atoms with Crippen LogP contribution in [0.2, 0.25) is 10.0 Å². The number of hydrazine groups is 1. The predicted octanol–water partition coefficient (Wildman–Crippen LogP) is 3.78. The standard InChI is InChI=1S/C23H25Cl2FN6O/c24-18-4-5-19(26)22(25)17(18)14-32-7-6-27-23-20(32)13-21(29-30-23)28-15-2-1-3-16(12-15)31-8-10-33-11-9-31/h1-5,12,20H,6-11,13-14H2,(H,27,30)(H,28,29). The molecule has 1 unspecified atom stereocenters. The molecule has 3 aliphatic rings. The summed E-state index contributed by atoms with van der Waals surface area (Å²) in [7, 11) is 0. The average Bonchev–Trinajstić information content (AvgIpc) is 2.85. The van der Waals surface area contributed by atoms with E-state index in [1.807, 2.05) is 12.1 Å². The van der Waals surface area contributed by atoms with E-state index in [-0.39, 0.29) is 11.1 Å². The van der Waals surface area contributed by atoms with Crippen LogP contribution >= 0.6 is 23.2 Å². The highest BCUT2D eigenvalue weighted by Crippen LogP contribution is 2.30. The van der Waals surface area contributed by atoms with Gasteiger partial charge in [0, 0.05) is 48.9 Å². The van der Waals surface area contributed by atoms with Crippen molar-refractivity contribution in [1.82, 2.24) is 15.8 Å². The molecule has 0 spiro atoms. The highest BCUT2D eigenvalue weighted by molar-refractivity contribution is 6.36. The Morgan fingerprint density at radius 3 is 2.82 bits per heavy atom. The lowest BCUT2D eigenvalue weighted by Crippen LogP contribution is -2.61. The summed E-state index contributed by atoms with van der Waals surface area (Å²) < 4.78 is 19.5. The number of halogens is 3. The molecule has 2 aromatic rings. The van der Waals surface area contributed by atoms with Gasteiger partial charge >= 0.3 is 0 Å². The van der Waals surface area contributed by atoms with Gasteiger partial charge in [-0.25, -0.2) is 9.38 Å². The van der Waals surface area contributed by atoms with E-state index in [4.69, 9.17) is 32.9 Å². The van der Waals surface area contributed by atoms with Crippen molar-refractivity contribution in [3.05, 3.63) is 57.8 Å². The van der Waals surface area contributed by atoms with Gasteiger partial charge in [0.25, 0.3) is 0 Å². The Hall–Kier alpha value is -2.39. The highest BCUT2D eigenvalue weighted by atomic mass is 35.5. The molecule has 33 heavy (non-hydrogen) atoms. The number of aliphatic imine (C=N–C) groups is 2. The van der Waals surface area contributed by atoms with Gasteiger partial charge in [0.15, 0.2) is 0 Å². The molecule has 0 saturated carbocycles. The number of anilines is 1. The Kier molecular flexibility index (Phi) is 6.69. The first-order chi connectivity index (χ1) is 16.1. The number of nitrogens with one attached hydrogen (secondary N) is 2. The Morgan fingerprint density at radius 1 is 1.12 bits per heavy atom. The van der Waals surface area contributed by atoms with Gasteiger partial charge in [0.05, 0.1) is 36.5 Å². The molecule has 0 amide bonds. The molecular weight excluding hydrogens is 466 g/mol. The van der Waals surface area contributed by atoms with E-state index in [1.165, 1.54) is 6.07 Å². The number of amidine groups is 2. The van der Waals surface area contributed by atoms with Gasteiger partial charge in [-0.05, 0) is 30.3 Å². The molecule has 2 saturated heterocycles. The Labute approximate surface area is 202 Å². The van der Waals surface area contributed by atoms with Crippen LogP contribution in [0, 0.1) is 5.82 Å². The number of fused-ring (bicyclic) bond motifs is 1. The largest absolute Gasteiger partial charge is 0.378 e. The number of morpholine rings is 1. The fourth-order valence-corrected chi connectivity index (χ4v) is 4.86. The van der Waals surface area contributed by atoms with Gasteiger partial charge in [-0.15, -0.1) is 0 Å². The maximum absolute atomic E-state index is 14.0. The van der Waals surface area contributed by atoms with Crippen LogP contribution in [0.1, 0.15) is 12.0 Å². The summed E-state index contributed by atoms with van der Waals surface area (Å²) in [5, 5.41) is 0.531. The maximum Gasteiger partial charge on any atom is 0.142 e. The lowest BCUT2D eigenvalue weighted by molar-refractivity contribution is 0.122.